The summed E-state index contributed by atoms with van der Waals surface area (Å²) < 4.78 is 0. The molecule has 0 aliphatic heterocycles. The lowest BCUT2D eigenvalue weighted by molar-refractivity contribution is -0.393. The highest BCUT2D eigenvalue weighted by Gasteiger charge is 2.19. The first kappa shape index (κ1) is 17.1. The Balaban J connectivity index is 2.07. The Bertz CT molecular complexity index is 775. The first-order chi connectivity index (χ1) is 11.5. The van der Waals surface area contributed by atoms with Crippen LogP contribution in [0.2, 0.25) is 0 Å². The molecule has 0 unspecified atom stereocenters. The summed E-state index contributed by atoms with van der Waals surface area (Å²) in [6.07, 6.45) is 1.50. The van der Waals surface area contributed by atoms with Gasteiger partial charge in [0.25, 0.3) is 5.69 Å². The number of hydrazone groups is 1. The van der Waals surface area contributed by atoms with E-state index in [-0.39, 0.29) is 17.1 Å². The average Bonchev–Trinajstić information content (AvgIpc) is 2.58. The average molecular weight is 328 g/mol. The lowest BCUT2D eigenvalue weighted by Crippen LogP contribution is -2.02. The minimum absolute atomic E-state index is 0.115. The van der Waals surface area contributed by atoms with Gasteiger partial charge in [0.15, 0.2) is 0 Å². The second-order valence-corrected chi connectivity index (χ2v) is 5.16. The van der Waals surface area contributed by atoms with Crippen LogP contribution in [0, 0.1) is 20.2 Å². The minimum atomic E-state index is -0.676. The standard InChI is InChI=1S/C16H16N4O4/c1-12(7-8-13-5-3-2-4-6-13)17-18-15-10-9-14(19(21)22)11-16(15)20(23)24/h2-6,9-11,18H,7-8H2,1H3. The lowest BCUT2D eigenvalue weighted by atomic mass is 10.1. The SMILES string of the molecule is CC(CCc1ccccc1)=NNc1ccc([N+](=O)[O-])cc1[N+](=O)[O-]. The van der Waals surface area contributed by atoms with Gasteiger partial charge in [-0.15, -0.1) is 0 Å². The predicted molar refractivity (Wildman–Crippen MR) is 91.2 cm³/mol. The minimum Gasteiger partial charge on any atom is -0.272 e. The van der Waals surface area contributed by atoms with Crippen molar-refractivity contribution in [3.05, 3.63) is 74.3 Å². The van der Waals surface area contributed by atoms with Gasteiger partial charge in [0, 0.05) is 11.8 Å². The summed E-state index contributed by atoms with van der Waals surface area (Å²) in [6, 6.07) is 13.3. The van der Waals surface area contributed by atoms with Gasteiger partial charge in [-0.2, -0.15) is 5.10 Å². The number of non-ortho nitro benzene ring substituents is 1. The highest BCUT2D eigenvalue weighted by atomic mass is 16.6. The van der Waals surface area contributed by atoms with E-state index in [9.17, 15) is 20.2 Å². The van der Waals surface area contributed by atoms with Gasteiger partial charge in [0.05, 0.1) is 15.9 Å². The Kier molecular flexibility index (Phi) is 5.56. The number of anilines is 1. The molecule has 2 aromatic rings. The molecule has 0 atom stereocenters. The Morgan fingerprint density at radius 1 is 1.08 bits per heavy atom. The van der Waals surface area contributed by atoms with Crippen molar-refractivity contribution in [2.75, 3.05) is 5.43 Å². The van der Waals surface area contributed by atoms with Crippen molar-refractivity contribution in [2.45, 2.75) is 19.8 Å². The molecule has 0 aliphatic carbocycles. The van der Waals surface area contributed by atoms with Gasteiger partial charge in [-0.25, -0.2) is 0 Å². The Morgan fingerprint density at radius 3 is 2.42 bits per heavy atom. The number of hydrogen-bond donors (Lipinski definition) is 1. The van der Waals surface area contributed by atoms with E-state index < -0.39 is 9.85 Å². The Morgan fingerprint density at radius 2 is 1.79 bits per heavy atom. The molecule has 0 amide bonds. The largest absolute Gasteiger partial charge is 0.301 e. The number of nitro groups is 2. The zero-order chi connectivity index (χ0) is 17.5. The van der Waals surface area contributed by atoms with Gasteiger partial charge in [-0.05, 0) is 31.4 Å². The molecule has 0 saturated carbocycles. The summed E-state index contributed by atoms with van der Waals surface area (Å²) >= 11 is 0. The van der Waals surface area contributed by atoms with Gasteiger partial charge in [0.1, 0.15) is 5.69 Å². The van der Waals surface area contributed by atoms with Crippen LogP contribution in [0.15, 0.2) is 53.6 Å². The molecule has 0 spiro atoms. The van der Waals surface area contributed by atoms with Crippen molar-refractivity contribution in [1.82, 2.24) is 0 Å². The van der Waals surface area contributed by atoms with Gasteiger partial charge in [-0.3, -0.25) is 25.7 Å². The summed E-state index contributed by atoms with van der Waals surface area (Å²) in [5.74, 6) is 0. The summed E-state index contributed by atoms with van der Waals surface area (Å²) in [5, 5.41) is 25.9. The van der Waals surface area contributed by atoms with Crippen molar-refractivity contribution in [2.24, 2.45) is 5.10 Å². The van der Waals surface area contributed by atoms with Crippen LogP contribution in [0.3, 0.4) is 0 Å². The maximum absolute atomic E-state index is 11.0. The number of benzene rings is 2. The fourth-order valence-electron chi connectivity index (χ4n) is 2.06. The molecule has 0 bridgehead atoms. The zero-order valence-corrected chi connectivity index (χ0v) is 13.0. The monoisotopic (exact) mass is 328 g/mol. The van der Waals surface area contributed by atoms with Crippen LogP contribution in [0.1, 0.15) is 18.9 Å². The summed E-state index contributed by atoms with van der Waals surface area (Å²) in [7, 11) is 0. The second kappa shape index (κ2) is 7.82. The maximum Gasteiger partial charge on any atom is 0.301 e. The number of rotatable bonds is 7. The zero-order valence-electron chi connectivity index (χ0n) is 13.0. The van der Waals surface area contributed by atoms with E-state index >= 15 is 0 Å². The van der Waals surface area contributed by atoms with Gasteiger partial charge in [-0.1, -0.05) is 30.3 Å². The molecule has 0 aliphatic rings. The fraction of sp³-hybridized carbons (Fsp3) is 0.188. The van der Waals surface area contributed by atoms with Crippen molar-refractivity contribution in [3.8, 4) is 0 Å². The number of nitrogens with one attached hydrogen (secondary N) is 1. The molecule has 0 aromatic heterocycles. The van der Waals surface area contributed by atoms with Crippen molar-refractivity contribution < 1.29 is 9.85 Å². The normalized spacial score (nSPS) is 11.1. The maximum atomic E-state index is 11.0. The number of hydrogen-bond acceptors (Lipinski definition) is 6. The third-order valence-electron chi connectivity index (χ3n) is 3.37. The first-order valence-corrected chi connectivity index (χ1v) is 7.23. The van der Waals surface area contributed by atoms with E-state index in [0.717, 1.165) is 18.2 Å². The van der Waals surface area contributed by atoms with E-state index in [2.05, 4.69) is 10.5 Å². The van der Waals surface area contributed by atoms with Crippen LogP contribution in [-0.2, 0) is 6.42 Å². The highest BCUT2D eigenvalue weighted by Crippen LogP contribution is 2.28. The highest BCUT2D eigenvalue weighted by molar-refractivity contribution is 5.83. The van der Waals surface area contributed by atoms with E-state index in [1.165, 1.54) is 17.7 Å². The van der Waals surface area contributed by atoms with Crippen molar-refractivity contribution in [3.63, 3.8) is 0 Å². The molecule has 124 valence electrons. The Labute approximate surface area is 138 Å². The third kappa shape index (κ3) is 4.60. The van der Waals surface area contributed by atoms with Gasteiger partial charge >= 0.3 is 5.69 Å². The molecule has 8 heteroatoms. The quantitative estimate of drug-likeness (QED) is 0.470. The van der Waals surface area contributed by atoms with Gasteiger partial charge < -0.3 is 0 Å². The lowest BCUT2D eigenvalue weighted by Gasteiger charge is -2.05. The number of aryl methyl sites for hydroxylation is 1. The fourth-order valence-corrected chi connectivity index (χ4v) is 2.06. The van der Waals surface area contributed by atoms with Crippen LogP contribution in [0.4, 0.5) is 17.1 Å². The molecule has 0 radical (unpaired) electrons. The molecule has 1 N–H and O–H groups in total. The molecule has 2 aromatic carbocycles. The van der Waals surface area contributed by atoms with Gasteiger partial charge in [0.2, 0.25) is 0 Å². The number of nitro benzene ring substituents is 2. The van der Waals surface area contributed by atoms with Crippen molar-refractivity contribution in [1.29, 1.82) is 0 Å². The molecule has 2 rings (SSSR count). The van der Waals surface area contributed by atoms with E-state index in [1.54, 1.807) is 0 Å². The smallest absolute Gasteiger partial charge is 0.272 e. The van der Waals surface area contributed by atoms with Crippen LogP contribution in [0.25, 0.3) is 0 Å². The molecule has 24 heavy (non-hydrogen) atoms. The first-order valence-electron chi connectivity index (χ1n) is 7.23. The molecular formula is C16H16N4O4. The molecule has 8 nitrogen and oxygen atoms in total. The number of nitrogens with zero attached hydrogens (tertiary/aromatic N) is 3. The predicted octanol–water partition coefficient (Wildman–Crippen LogP) is 3.92. The van der Waals surface area contributed by atoms with E-state index in [1.807, 2.05) is 37.3 Å². The molecule has 0 heterocycles. The van der Waals surface area contributed by atoms with Crippen LogP contribution in [-0.4, -0.2) is 15.6 Å². The summed E-state index contributed by atoms with van der Waals surface area (Å²) in [6.45, 7) is 1.81. The van der Waals surface area contributed by atoms with E-state index in [0.29, 0.717) is 6.42 Å². The van der Waals surface area contributed by atoms with Crippen molar-refractivity contribution >= 4 is 22.8 Å². The van der Waals surface area contributed by atoms with E-state index in [4.69, 9.17) is 0 Å². The van der Waals surface area contributed by atoms with Crippen LogP contribution >= 0.6 is 0 Å². The Hall–Kier alpha value is -3.29. The van der Waals surface area contributed by atoms with Crippen LogP contribution < -0.4 is 5.43 Å². The molecule has 0 fully saturated rings. The molecular weight excluding hydrogens is 312 g/mol. The summed E-state index contributed by atoms with van der Waals surface area (Å²) in [4.78, 5) is 20.4. The topological polar surface area (TPSA) is 111 Å². The molecule has 0 saturated heterocycles. The van der Waals surface area contributed by atoms with Crippen LogP contribution in [0.5, 0.6) is 0 Å². The second-order valence-electron chi connectivity index (χ2n) is 5.16. The summed E-state index contributed by atoms with van der Waals surface area (Å²) in [5.41, 5.74) is 3.96. The third-order valence-corrected chi connectivity index (χ3v) is 3.37.